The predicted molar refractivity (Wildman–Crippen MR) is 80.9 cm³/mol. The summed E-state index contributed by atoms with van der Waals surface area (Å²) in [6.45, 7) is 2.12. The Bertz CT molecular complexity index is 599. The summed E-state index contributed by atoms with van der Waals surface area (Å²) < 4.78 is 5.41. The lowest BCUT2D eigenvalue weighted by Gasteiger charge is -2.15. The van der Waals surface area contributed by atoms with E-state index in [0.29, 0.717) is 6.42 Å². The molecule has 0 amide bonds. The quantitative estimate of drug-likeness (QED) is 0.815. The van der Waals surface area contributed by atoms with Crippen LogP contribution in [0.4, 0.5) is 0 Å². The molecule has 0 aliphatic heterocycles. The number of aryl methyl sites for hydroxylation is 1. The zero-order valence-electron chi connectivity index (χ0n) is 12.0. The Kier molecular flexibility index (Phi) is 4.79. The van der Waals surface area contributed by atoms with Gasteiger partial charge in [0.1, 0.15) is 5.75 Å². The van der Waals surface area contributed by atoms with E-state index >= 15 is 0 Å². The van der Waals surface area contributed by atoms with Crippen molar-refractivity contribution in [2.75, 3.05) is 7.11 Å². The van der Waals surface area contributed by atoms with Crippen LogP contribution in [-0.2, 0) is 12.8 Å². The summed E-state index contributed by atoms with van der Waals surface area (Å²) >= 11 is 0. The van der Waals surface area contributed by atoms with Crippen LogP contribution in [0.1, 0.15) is 29.5 Å². The normalized spacial score (nSPS) is 11.7. The topological polar surface area (TPSA) is 33.0 Å². The molecule has 2 aromatic carbocycles. The minimum Gasteiger partial charge on any atom is -0.496 e. The van der Waals surface area contributed by atoms with Crippen molar-refractivity contribution in [3.63, 3.8) is 0 Å². The molecule has 0 aliphatic rings. The van der Waals surface area contributed by atoms with Gasteiger partial charge in [-0.15, -0.1) is 0 Å². The molecule has 0 radical (unpaired) electrons. The van der Waals surface area contributed by atoms with Crippen LogP contribution in [0.25, 0.3) is 0 Å². The highest BCUT2D eigenvalue weighted by Crippen LogP contribution is 2.30. The van der Waals surface area contributed by atoms with E-state index in [2.05, 4.69) is 37.3 Å². The maximum absolute atomic E-state index is 9.52. The molecule has 0 saturated carbocycles. The fourth-order valence-electron chi connectivity index (χ4n) is 2.35. The van der Waals surface area contributed by atoms with Crippen molar-refractivity contribution in [3.05, 3.63) is 65.2 Å². The van der Waals surface area contributed by atoms with Crippen molar-refractivity contribution >= 4 is 0 Å². The number of nitriles is 1. The Labute approximate surface area is 120 Å². The van der Waals surface area contributed by atoms with E-state index < -0.39 is 0 Å². The summed E-state index contributed by atoms with van der Waals surface area (Å²) in [6.07, 6.45) is 1.67. The Morgan fingerprint density at radius 2 is 1.85 bits per heavy atom. The van der Waals surface area contributed by atoms with Crippen LogP contribution in [0.2, 0.25) is 0 Å². The molecule has 20 heavy (non-hydrogen) atoms. The van der Waals surface area contributed by atoms with Crippen molar-refractivity contribution in [2.24, 2.45) is 0 Å². The third-order valence-electron chi connectivity index (χ3n) is 3.52. The smallest absolute Gasteiger partial charge is 0.123 e. The van der Waals surface area contributed by atoms with Gasteiger partial charge in [0, 0.05) is 5.56 Å². The minimum atomic E-state index is -0.182. The van der Waals surface area contributed by atoms with Gasteiger partial charge in [0.05, 0.1) is 19.1 Å². The van der Waals surface area contributed by atoms with E-state index in [9.17, 15) is 5.26 Å². The van der Waals surface area contributed by atoms with E-state index in [1.807, 2.05) is 24.3 Å². The molecule has 2 aromatic rings. The van der Waals surface area contributed by atoms with Crippen molar-refractivity contribution in [1.29, 1.82) is 5.26 Å². The van der Waals surface area contributed by atoms with Gasteiger partial charge in [-0.3, -0.25) is 0 Å². The van der Waals surface area contributed by atoms with Crippen molar-refractivity contribution in [3.8, 4) is 11.8 Å². The van der Waals surface area contributed by atoms with Crippen LogP contribution < -0.4 is 4.74 Å². The average molecular weight is 265 g/mol. The highest BCUT2D eigenvalue weighted by Gasteiger charge is 2.16. The molecule has 0 N–H and O–H groups in total. The molecule has 0 heterocycles. The van der Waals surface area contributed by atoms with Gasteiger partial charge in [0.25, 0.3) is 0 Å². The maximum atomic E-state index is 9.52. The fourth-order valence-corrected chi connectivity index (χ4v) is 2.35. The second kappa shape index (κ2) is 6.77. The first kappa shape index (κ1) is 14.1. The number of ether oxygens (including phenoxy) is 1. The molecule has 0 bridgehead atoms. The number of methoxy groups -OCH3 is 1. The van der Waals surface area contributed by atoms with Crippen LogP contribution in [0, 0.1) is 11.3 Å². The molecule has 0 fully saturated rings. The summed E-state index contributed by atoms with van der Waals surface area (Å²) in [6, 6.07) is 18.6. The van der Waals surface area contributed by atoms with Crippen LogP contribution in [-0.4, -0.2) is 7.11 Å². The Balaban J connectivity index is 2.34. The maximum Gasteiger partial charge on any atom is 0.123 e. The van der Waals surface area contributed by atoms with Crippen LogP contribution in [0.15, 0.2) is 48.5 Å². The third-order valence-corrected chi connectivity index (χ3v) is 3.52. The SMILES string of the molecule is CCc1ccc(OC)c(C(C#N)Cc2ccccc2)c1. The number of nitrogens with zero attached hydrogens (tertiary/aromatic N) is 1. The molecule has 1 unspecified atom stereocenters. The van der Waals surface area contributed by atoms with Gasteiger partial charge >= 0.3 is 0 Å². The molecule has 2 nitrogen and oxygen atoms in total. The molecule has 0 spiro atoms. The van der Waals surface area contributed by atoms with Gasteiger partial charge in [-0.1, -0.05) is 49.4 Å². The molecule has 0 aliphatic carbocycles. The molecular weight excluding hydrogens is 246 g/mol. The second-order valence-electron chi connectivity index (χ2n) is 4.80. The van der Waals surface area contributed by atoms with Crippen molar-refractivity contribution in [2.45, 2.75) is 25.7 Å². The second-order valence-corrected chi connectivity index (χ2v) is 4.80. The molecule has 0 aromatic heterocycles. The van der Waals surface area contributed by atoms with Gasteiger partial charge in [-0.25, -0.2) is 0 Å². The lowest BCUT2D eigenvalue weighted by molar-refractivity contribution is 0.408. The third kappa shape index (κ3) is 3.19. The Morgan fingerprint density at radius 3 is 2.45 bits per heavy atom. The van der Waals surface area contributed by atoms with Crippen LogP contribution in [0.5, 0.6) is 5.75 Å². The molecule has 102 valence electrons. The molecule has 2 heteroatoms. The number of rotatable bonds is 5. The lowest BCUT2D eigenvalue weighted by atomic mass is 9.91. The Hall–Kier alpha value is -2.27. The van der Waals surface area contributed by atoms with Gasteiger partial charge in [-0.2, -0.15) is 5.26 Å². The lowest BCUT2D eigenvalue weighted by Crippen LogP contribution is -2.04. The van der Waals surface area contributed by atoms with Crippen LogP contribution in [0.3, 0.4) is 0 Å². The van der Waals surface area contributed by atoms with E-state index in [-0.39, 0.29) is 5.92 Å². The molecule has 1 atom stereocenters. The van der Waals surface area contributed by atoms with Gasteiger partial charge in [-0.05, 0) is 30.0 Å². The van der Waals surface area contributed by atoms with Gasteiger partial charge in [0.2, 0.25) is 0 Å². The van der Waals surface area contributed by atoms with E-state index in [1.165, 1.54) is 11.1 Å². The highest BCUT2D eigenvalue weighted by molar-refractivity contribution is 5.43. The van der Waals surface area contributed by atoms with E-state index in [1.54, 1.807) is 7.11 Å². The molecular formula is C18H19NO. The van der Waals surface area contributed by atoms with Crippen molar-refractivity contribution in [1.82, 2.24) is 0 Å². The standard InChI is InChI=1S/C18H19NO/c1-3-14-9-10-18(20-2)17(12-14)16(13-19)11-15-7-5-4-6-8-15/h4-10,12,16H,3,11H2,1-2H3. The summed E-state index contributed by atoms with van der Waals surface area (Å²) in [4.78, 5) is 0. The van der Waals surface area contributed by atoms with E-state index in [4.69, 9.17) is 4.74 Å². The zero-order valence-corrected chi connectivity index (χ0v) is 12.0. The minimum absolute atomic E-state index is 0.182. The first-order valence-electron chi connectivity index (χ1n) is 6.88. The summed E-state index contributed by atoms with van der Waals surface area (Å²) in [7, 11) is 1.65. The van der Waals surface area contributed by atoms with Crippen LogP contribution >= 0.6 is 0 Å². The first-order valence-corrected chi connectivity index (χ1v) is 6.88. The summed E-state index contributed by atoms with van der Waals surface area (Å²) in [5.74, 6) is 0.614. The number of hydrogen-bond acceptors (Lipinski definition) is 2. The van der Waals surface area contributed by atoms with E-state index in [0.717, 1.165) is 17.7 Å². The van der Waals surface area contributed by atoms with Gasteiger partial charge in [0.15, 0.2) is 0 Å². The fraction of sp³-hybridized carbons (Fsp3) is 0.278. The summed E-state index contributed by atoms with van der Waals surface area (Å²) in [5, 5.41) is 9.52. The largest absolute Gasteiger partial charge is 0.496 e. The number of hydrogen-bond donors (Lipinski definition) is 0. The highest BCUT2D eigenvalue weighted by atomic mass is 16.5. The number of benzene rings is 2. The Morgan fingerprint density at radius 1 is 1.10 bits per heavy atom. The average Bonchev–Trinajstić information content (AvgIpc) is 2.53. The van der Waals surface area contributed by atoms with Crippen molar-refractivity contribution < 1.29 is 4.74 Å². The first-order chi connectivity index (χ1) is 9.78. The summed E-state index contributed by atoms with van der Waals surface area (Å²) in [5.41, 5.74) is 3.38. The predicted octanol–water partition coefficient (Wildman–Crippen LogP) is 4.11. The molecule has 2 rings (SSSR count). The van der Waals surface area contributed by atoms with Gasteiger partial charge < -0.3 is 4.74 Å². The zero-order chi connectivity index (χ0) is 14.4. The molecule has 0 saturated heterocycles. The monoisotopic (exact) mass is 265 g/mol.